The van der Waals surface area contributed by atoms with Gasteiger partial charge in [-0.1, -0.05) is 29.8 Å². The molecule has 0 bridgehead atoms. The van der Waals surface area contributed by atoms with Crippen molar-refractivity contribution in [3.63, 3.8) is 0 Å². The van der Waals surface area contributed by atoms with E-state index < -0.39 is 11.7 Å². The largest absolute Gasteiger partial charge is 0.619 e. The van der Waals surface area contributed by atoms with Gasteiger partial charge in [0.05, 0.1) is 17.8 Å². The molecule has 0 N–H and O–H groups in total. The molecule has 0 aliphatic rings. The zero-order valence-corrected chi connectivity index (χ0v) is 16.8. The van der Waals surface area contributed by atoms with Crippen LogP contribution in [0.4, 0.5) is 5.69 Å². The van der Waals surface area contributed by atoms with Gasteiger partial charge in [-0.3, -0.25) is 9.59 Å². The summed E-state index contributed by atoms with van der Waals surface area (Å²) in [5.74, 6) is -1.37. The molecular formula is C22H17ClN4O3. The van der Waals surface area contributed by atoms with E-state index in [9.17, 15) is 14.8 Å². The zero-order chi connectivity index (χ0) is 21.3. The van der Waals surface area contributed by atoms with E-state index in [0.29, 0.717) is 33.0 Å². The van der Waals surface area contributed by atoms with Gasteiger partial charge < -0.3 is 14.7 Å². The lowest BCUT2D eigenvalue weighted by molar-refractivity contribution is -0.605. The number of carbonyl (C=O) groups is 2. The highest BCUT2D eigenvalue weighted by Gasteiger charge is 2.26. The van der Waals surface area contributed by atoms with Gasteiger partial charge in [-0.05, 0) is 23.8 Å². The number of likely N-dealkylation sites (N-methyl/N-ethyl adjacent to an activating group) is 1. The second-order valence-electron chi connectivity index (χ2n) is 6.75. The number of anilines is 1. The Labute approximate surface area is 177 Å². The van der Waals surface area contributed by atoms with Crippen LogP contribution in [0, 0.1) is 5.21 Å². The normalized spacial score (nSPS) is 10.9. The Hall–Kier alpha value is -3.71. The highest BCUT2D eigenvalue weighted by atomic mass is 35.5. The number of hydrogen-bond acceptors (Lipinski definition) is 4. The average molecular weight is 421 g/mol. The number of rotatable bonds is 5. The van der Waals surface area contributed by atoms with Crippen LogP contribution in [0.25, 0.3) is 11.0 Å². The van der Waals surface area contributed by atoms with E-state index in [-0.39, 0.29) is 5.56 Å². The van der Waals surface area contributed by atoms with Crippen LogP contribution in [0.2, 0.25) is 5.02 Å². The predicted molar refractivity (Wildman–Crippen MR) is 113 cm³/mol. The molecule has 4 rings (SSSR count). The molecule has 0 atom stereocenters. The number of carbonyl (C=O) groups excluding carboxylic acids is 2. The van der Waals surface area contributed by atoms with E-state index in [1.54, 1.807) is 35.2 Å². The van der Waals surface area contributed by atoms with Crippen LogP contribution in [0.1, 0.15) is 15.9 Å². The van der Waals surface area contributed by atoms with E-state index in [2.05, 4.69) is 4.98 Å². The summed E-state index contributed by atoms with van der Waals surface area (Å²) in [7, 11) is 1.49. The van der Waals surface area contributed by atoms with Crippen LogP contribution in [0.5, 0.6) is 0 Å². The summed E-state index contributed by atoms with van der Waals surface area (Å²) in [4.78, 5) is 31.5. The van der Waals surface area contributed by atoms with Crippen molar-refractivity contribution >= 4 is 40.0 Å². The number of halogens is 1. The van der Waals surface area contributed by atoms with Gasteiger partial charge in [0.2, 0.25) is 0 Å². The summed E-state index contributed by atoms with van der Waals surface area (Å²) in [6, 6.07) is 13.9. The fourth-order valence-electron chi connectivity index (χ4n) is 3.25. The Bertz CT molecular complexity index is 1250. The maximum atomic E-state index is 13.0. The van der Waals surface area contributed by atoms with Crippen molar-refractivity contribution in [1.82, 2.24) is 9.55 Å². The fourth-order valence-corrected chi connectivity index (χ4v) is 3.44. The van der Waals surface area contributed by atoms with Gasteiger partial charge in [0, 0.05) is 42.0 Å². The van der Waals surface area contributed by atoms with E-state index >= 15 is 0 Å². The molecule has 3 heterocycles. The second kappa shape index (κ2) is 7.96. The summed E-state index contributed by atoms with van der Waals surface area (Å²) in [5.41, 5.74) is 2.16. The monoisotopic (exact) mass is 420 g/mol. The van der Waals surface area contributed by atoms with Crippen molar-refractivity contribution < 1.29 is 14.3 Å². The van der Waals surface area contributed by atoms with Crippen LogP contribution >= 0.6 is 11.6 Å². The van der Waals surface area contributed by atoms with Crippen molar-refractivity contribution in [3.05, 3.63) is 94.7 Å². The van der Waals surface area contributed by atoms with Gasteiger partial charge in [0.1, 0.15) is 5.65 Å². The smallest absolute Gasteiger partial charge is 0.299 e. The van der Waals surface area contributed by atoms with Crippen molar-refractivity contribution in [2.75, 3.05) is 11.9 Å². The molecule has 1 amide bonds. The van der Waals surface area contributed by atoms with E-state index in [1.807, 2.05) is 18.2 Å². The van der Waals surface area contributed by atoms with Crippen molar-refractivity contribution in [2.24, 2.45) is 0 Å². The Balaban J connectivity index is 1.70. The van der Waals surface area contributed by atoms with Crippen molar-refractivity contribution in [3.8, 4) is 0 Å². The van der Waals surface area contributed by atoms with E-state index in [1.165, 1.54) is 36.5 Å². The molecule has 0 saturated heterocycles. The lowest BCUT2D eigenvalue weighted by atomic mass is 10.1. The fraction of sp³-hybridized carbons (Fsp3) is 0.0909. The van der Waals surface area contributed by atoms with E-state index in [0.717, 1.165) is 5.56 Å². The molecular weight excluding hydrogens is 404 g/mol. The lowest BCUT2D eigenvalue weighted by Crippen LogP contribution is -2.34. The number of Topliss-reactive ketones (excluding diaryl/α,β-unsaturated/α-hetero) is 1. The number of hydrogen-bond donors (Lipinski definition) is 0. The third-order valence-electron chi connectivity index (χ3n) is 4.85. The minimum Gasteiger partial charge on any atom is -0.619 e. The van der Waals surface area contributed by atoms with E-state index in [4.69, 9.17) is 11.6 Å². The van der Waals surface area contributed by atoms with Crippen molar-refractivity contribution in [2.45, 2.75) is 6.54 Å². The highest BCUT2D eigenvalue weighted by Crippen LogP contribution is 2.24. The molecule has 30 heavy (non-hydrogen) atoms. The van der Waals surface area contributed by atoms with Crippen molar-refractivity contribution in [1.29, 1.82) is 0 Å². The maximum absolute atomic E-state index is 13.0. The third-order valence-corrected chi connectivity index (χ3v) is 5.22. The minimum atomic E-state index is -0.709. The average Bonchev–Trinajstić information content (AvgIpc) is 3.13. The maximum Gasteiger partial charge on any atom is 0.299 e. The first kappa shape index (κ1) is 19.6. The third kappa shape index (κ3) is 3.62. The Morgan fingerprint density at radius 3 is 2.60 bits per heavy atom. The number of amides is 1. The topological polar surface area (TPSA) is 82.1 Å². The summed E-state index contributed by atoms with van der Waals surface area (Å²) in [6.45, 7) is 0.409. The summed E-state index contributed by atoms with van der Waals surface area (Å²) in [5, 5.41) is 12.4. The number of pyridine rings is 2. The van der Waals surface area contributed by atoms with Gasteiger partial charge in [0.25, 0.3) is 11.7 Å². The van der Waals surface area contributed by atoms with Crippen LogP contribution in [0.3, 0.4) is 0 Å². The lowest BCUT2D eigenvalue weighted by Gasteiger charge is -2.15. The van der Waals surface area contributed by atoms with Crippen LogP contribution in [0.15, 0.2) is 73.3 Å². The first-order valence-electron chi connectivity index (χ1n) is 9.14. The van der Waals surface area contributed by atoms with Crippen LogP contribution < -0.4 is 9.63 Å². The molecule has 0 saturated carbocycles. The molecule has 0 aliphatic heterocycles. The molecule has 1 aromatic carbocycles. The number of benzene rings is 1. The minimum absolute atomic E-state index is 0.261. The summed E-state index contributed by atoms with van der Waals surface area (Å²) >= 11 is 6.28. The molecule has 3 aromatic heterocycles. The molecule has 150 valence electrons. The van der Waals surface area contributed by atoms with Crippen LogP contribution in [-0.2, 0) is 11.3 Å². The van der Waals surface area contributed by atoms with Gasteiger partial charge in [0.15, 0.2) is 12.4 Å². The standard InChI is InChI=1S/C22H17ClN4O3/c1-25(16-8-11-27(30)12-9-16)22(29)20(28)18-14-26(21-17(18)6-4-10-24-21)13-15-5-2-3-7-19(15)23/h2-12,14H,13H2,1H3. The van der Waals surface area contributed by atoms with Gasteiger partial charge >= 0.3 is 0 Å². The molecule has 0 spiro atoms. The molecule has 0 aliphatic carbocycles. The summed E-state index contributed by atoms with van der Waals surface area (Å²) < 4.78 is 2.41. The Kier molecular flexibility index (Phi) is 5.20. The first-order valence-corrected chi connectivity index (χ1v) is 9.52. The molecule has 8 heteroatoms. The molecule has 4 aromatic rings. The molecule has 0 fully saturated rings. The predicted octanol–water partition coefficient (Wildman–Crippen LogP) is 3.22. The Morgan fingerprint density at radius 1 is 1.13 bits per heavy atom. The Morgan fingerprint density at radius 2 is 1.87 bits per heavy atom. The highest BCUT2D eigenvalue weighted by molar-refractivity contribution is 6.48. The second-order valence-corrected chi connectivity index (χ2v) is 7.15. The number of ketones is 1. The zero-order valence-electron chi connectivity index (χ0n) is 16.0. The van der Waals surface area contributed by atoms with Gasteiger partial charge in [-0.15, -0.1) is 0 Å². The van der Waals surface area contributed by atoms with Crippen LogP contribution in [-0.4, -0.2) is 28.3 Å². The van der Waals surface area contributed by atoms with Gasteiger partial charge in [-0.25, -0.2) is 4.98 Å². The molecule has 0 radical (unpaired) electrons. The molecule has 7 nitrogen and oxygen atoms in total. The number of nitrogens with zero attached hydrogens (tertiary/aromatic N) is 4. The number of fused-ring (bicyclic) bond motifs is 1. The summed E-state index contributed by atoms with van der Waals surface area (Å²) in [6.07, 6.45) is 5.80. The SMILES string of the molecule is CN(C(=O)C(=O)c1cn(Cc2ccccc2Cl)c2ncccc12)c1cc[n+]([O-])cc1. The quantitative estimate of drug-likeness (QED) is 0.215. The van der Waals surface area contributed by atoms with Gasteiger partial charge in [-0.2, -0.15) is 4.73 Å². The molecule has 0 unspecified atom stereocenters. The number of aromatic nitrogens is 3. The first-order chi connectivity index (χ1) is 14.5.